The number of rotatable bonds is 4. The molecule has 5 rings (SSSR count). The van der Waals surface area contributed by atoms with E-state index in [9.17, 15) is 9.59 Å². The minimum atomic E-state index is -0.0529. The summed E-state index contributed by atoms with van der Waals surface area (Å²) in [6.07, 6.45) is 1.74. The lowest BCUT2D eigenvalue weighted by molar-refractivity contribution is 0.0622. The fourth-order valence-electron chi connectivity index (χ4n) is 3.55. The van der Waals surface area contributed by atoms with E-state index in [-0.39, 0.29) is 11.5 Å². The van der Waals surface area contributed by atoms with Gasteiger partial charge in [-0.2, -0.15) is 0 Å². The van der Waals surface area contributed by atoms with Gasteiger partial charge in [-0.25, -0.2) is 9.97 Å². The zero-order valence-corrected chi connectivity index (χ0v) is 17.7. The van der Waals surface area contributed by atoms with Crippen molar-refractivity contribution < 1.29 is 4.79 Å². The highest BCUT2D eigenvalue weighted by atomic mass is 32.1. The van der Waals surface area contributed by atoms with Gasteiger partial charge in [-0.1, -0.05) is 30.3 Å². The topological polar surface area (TPSA) is 70.8 Å². The number of benzene rings is 1. The van der Waals surface area contributed by atoms with Gasteiger partial charge in [0.15, 0.2) is 4.96 Å². The molecule has 1 fully saturated rings. The van der Waals surface area contributed by atoms with E-state index < -0.39 is 0 Å². The van der Waals surface area contributed by atoms with Crippen LogP contribution >= 0.6 is 22.7 Å². The molecular formula is C21H19N5O2S2. The second-order valence-corrected chi connectivity index (χ2v) is 8.84. The van der Waals surface area contributed by atoms with Crippen LogP contribution in [0.5, 0.6) is 0 Å². The SMILES string of the molecule is O=C(c1csc(-c2ccccc2)n1)N1CCN(Cc2cc(=O)n3ccsc3n2)CC1. The first-order valence-electron chi connectivity index (χ1n) is 9.66. The first-order valence-corrected chi connectivity index (χ1v) is 11.4. The number of amides is 1. The third-order valence-electron chi connectivity index (χ3n) is 5.15. The minimum absolute atomic E-state index is 0.0237. The van der Waals surface area contributed by atoms with E-state index in [1.54, 1.807) is 16.7 Å². The Morgan fingerprint density at radius 3 is 2.63 bits per heavy atom. The van der Waals surface area contributed by atoms with Crippen LogP contribution in [0.15, 0.2) is 58.1 Å². The molecule has 1 saturated heterocycles. The molecule has 1 aromatic carbocycles. The normalized spacial score (nSPS) is 15.0. The number of carbonyl (C=O) groups is 1. The van der Waals surface area contributed by atoms with Crippen LogP contribution in [0.25, 0.3) is 15.5 Å². The van der Waals surface area contributed by atoms with Gasteiger partial charge < -0.3 is 4.90 Å². The summed E-state index contributed by atoms with van der Waals surface area (Å²) in [5.74, 6) is -0.0237. The molecule has 0 spiro atoms. The van der Waals surface area contributed by atoms with Gasteiger partial charge in [0, 0.05) is 61.3 Å². The molecule has 4 aromatic rings. The van der Waals surface area contributed by atoms with Crippen molar-refractivity contribution in [1.82, 2.24) is 24.2 Å². The second kappa shape index (κ2) is 8.10. The van der Waals surface area contributed by atoms with Crippen molar-refractivity contribution in [2.45, 2.75) is 6.54 Å². The number of piperazine rings is 1. The monoisotopic (exact) mass is 437 g/mol. The van der Waals surface area contributed by atoms with Crippen molar-refractivity contribution in [2.24, 2.45) is 0 Å². The van der Waals surface area contributed by atoms with Gasteiger partial charge in [0.1, 0.15) is 10.7 Å². The second-order valence-electron chi connectivity index (χ2n) is 7.11. The molecule has 0 bridgehead atoms. The molecule has 152 valence electrons. The van der Waals surface area contributed by atoms with E-state index >= 15 is 0 Å². The molecule has 3 aromatic heterocycles. The average Bonchev–Trinajstić information content (AvgIpc) is 3.45. The molecule has 7 nitrogen and oxygen atoms in total. The first-order chi connectivity index (χ1) is 14.7. The number of nitrogens with zero attached hydrogens (tertiary/aromatic N) is 5. The maximum absolute atomic E-state index is 12.9. The molecule has 0 aliphatic carbocycles. The summed E-state index contributed by atoms with van der Waals surface area (Å²) in [7, 11) is 0. The highest BCUT2D eigenvalue weighted by Crippen LogP contribution is 2.24. The molecule has 9 heteroatoms. The molecule has 0 saturated carbocycles. The maximum Gasteiger partial charge on any atom is 0.273 e. The van der Waals surface area contributed by atoms with Gasteiger partial charge in [0.25, 0.3) is 11.5 Å². The summed E-state index contributed by atoms with van der Waals surface area (Å²) in [6.45, 7) is 3.37. The van der Waals surface area contributed by atoms with E-state index in [0.29, 0.717) is 30.3 Å². The number of thiazole rings is 2. The van der Waals surface area contributed by atoms with Crippen LogP contribution in [0, 0.1) is 0 Å². The van der Waals surface area contributed by atoms with Crippen LogP contribution in [0.1, 0.15) is 16.2 Å². The third kappa shape index (κ3) is 3.79. The fourth-order valence-corrected chi connectivity index (χ4v) is 5.09. The molecule has 0 atom stereocenters. The van der Waals surface area contributed by atoms with Gasteiger partial charge in [0.05, 0.1) is 5.69 Å². The fraction of sp³-hybridized carbons (Fsp3) is 0.238. The highest BCUT2D eigenvalue weighted by Gasteiger charge is 2.24. The molecule has 1 aliphatic heterocycles. The van der Waals surface area contributed by atoms with Crippen molar-refractivity contribution in [3.63, 3.8) is 0 Å². The lowest BCUT2D eigenvalue weighted by atomic mass is 10.2. The number of aromatic nitrogens is 3. The Morgan fingerprint density at radius 1 is 1.03 bits per heavy atom. The van der Waals surface area contributed by atoms with E-state index in [1.165, 1.54) is 22.7 Å². The van der Waals surface area contributed by atoms with E-state index in [2.05, 4.69) is 14.9 Å². The quantitative estimate of drug-likeness (QED) is 0.491. The van der Waals surface area contributed by atoms with E-state index in [0.717, 1.165) is 29.4 Å². The molecule has 0 unspecified atom stereocenters. The number of hydrogen-bond acceptors (Lipinski definition) is 7. The van der Waals surface area contributed by atoms with Crippen LogP contribution in [0.4, 0.5) is 0 Å². The molecule has 30 heavy (non-hydrogen) atoms. The molecule has 0 N–H and O–H groups in total. The van der Waals surface area contributed by atoms with Crippen LogP contribution in [-0.4, -0.2) is 56.3 Å². The van der Waals surface area contributed by atoms with Gasteiger partial charge in [-0.3, -0.25) is 18.9 Å². The van der Waals surface area contributed by atoms with Crippen molar-refractivity contribution in [2.75, 3.05) is 26.2 Å². The zero-order chi connectivity index (χ0) is 20.5. The van der Waals surface area contributed by atoms with Crippen LogP contribution in [-0.2, 0) is 6.54 Å². The van der Waals surface area contributed by atoms with Gasteiger partial charge >= 0.3 is 0 Å². The summed E-state index contributed by atoms with van der Waals surface area (Å²) >= 11 is 2.95. The summed E-state index contributed by atoms with van der Waals surface area (Å²) in [5.41, 5.74) is 2.25. The zero-order valence-electron chi connectivity index (χ0n) is 16.1. The molecule has 1 amide bonds. The summed E-state index contributed by atoms with van der Waals surface area (Å²) in [6, 6.07) is 11.5. The van der Waals surface area contributed by atoms with Crippen molar-refractivity contribution in [3.8, 4) is 10.6 Å². The van der Waals surface area contributed by atoms with E-state index in [1.807, 2.05) is 46.0 Å². The lowest BCUT2D eigenvalue weighted by Gasteiger charge is -2.34. The third-order valence-corrected chi connectivity index (χ3v) is 6.79. The number of carbonyl (C=O) groups excluding carboxylic acids is 1. The summed E-state index contributed by atoms with van der Waals surface area (Å²) in [5, 5.41) is 4.56. The van der Waals surface area contributed by atoms with Crippen molar-refractivity contribution >= 4 is 33.5 Å². The number of hydrogen-bond donors (Lipinski definition) is 0. The molecule has 4 heterocycles. The Hall–Kier alpha value is -2.88. The Kier molecular flexibility index (Phi) is 5.16. The predicted octanol–water partition coefficient (Wildman–Crippen LogP) is 2.84. The minimum Gasteiger partial charge on any atom is -0.335 e. The lowest BCUT2D eigenvalue weighted by Crippen LogP contribution is -2.48. The summed E-state index contributed by atoms with van der Waals surface area (Å²) < 4.78 is 1.56. The first kappa shape index (κ1) is 19.1. The van der Waals surface area contributed by atoms with E-state index in [4.69, 9.17) is 0 Å². The van der Waals surface area contributed by atoms with Crippen LogP contribution in [0.2, 0.25) is 0 Å². The standard InChI is InChI=1S/C21H19N5O2S2/c27-18-12-16(22-21-26(18)10-11-29-21)13-24-6-8-25(9-7-24)20(28)17-14-30-19(23-17)15-4-2-1-3-5-15/h1-5,10-12,14H,6-9,13H2. The molecule has 1 aliphatic rings. The Balaban J connectivity index is 1.22. The highest BCUT2D eigenvalue weighted by molar-refractivity contribution is 7.15. The average molecular weight is 438 g/mol. The van der Waals surface area contributed by atoms with Crippen molar-refractivity contribution in [3.05, 3.63) is 75.1 Å². The predicted molar refractivity (Wildman–Crippen MR) is 118 cm³/mol. The summed E-state index contributed by atoms with van der Waals surface area (Å²) in [4.78, 5) is 38.9. The smallest absolute Gasteiger partial charge is 0.273 e. The Labute approximate surface area is 180 Å². The molecular weight excluding hydrogens is 418 g/mol. The largest absolute Gasteiger partial charge is 0.335 e. The van der Waals surface area contributed by atoms with Gasteiger partial charge in [-0.05, 0) is 0 Å². The Bertz CT molecular complexity index is 1240. The molecule has 0 radical (unpaired) electrons. The van der Waals surface area contributed by atoms with Gasteiger partial charge in [-0.15, -0.1) is 22.7 Å². The van der Waals surface area contributed by atoms with Crippen molar-refractivity contribution in [1.29, 1.82) is 0 Å². The van der Waals surface area contributed by atoms with Crippen LogP contribution < -0.4 is 5.56 Å². The van der Waals surface area contributed by atoms with Crippen LogP contribution in [0.3, 0.4) is 0 Å². The number of fused-ring (bicyclic) bond motifs is 1. The maximum atomic E-state index is 12.9. The Morgan fingerprint density at radius 2 is 1.83 bits per heavy atom. The van der Waals surface area contributed by atoms with Gasteiger partial charge in [0.2, 0.25) is 0 Å².